The average Bonchev–Trinajstić information content (AvgIpc) is 2.92. The van der Waals surface area contributed by atoms with E-state index in [9.17, 15) is 19.3 Å². The molecule has 168 valence electrons. The number of anilines is 1. The number of hydrogen-bond acceptors (Lipinski definition) is 10. The largest absolute Gasteiger partial charge is 0.465 e. The summed E-state index contributed by atoms with van der Waals surface area (Å²) in [4.78, 5) is 28.0. The quantitative estimate of drug-likeness (QED) is 0.390. The summed E-state index contributed by atoms with van der Waals surface area (Å²) in [5, 5.41) is 13.7. The fraction of sp³-hybridized carbons (Fsp3) is 0.706. The molecule has 0 aromatic carbocycles. The van der Waals surface area contributed by atoms with Crippen molar-refractivity contribution in [2.24, 2.45) is 0 Å². The number of esters is 1. The summed E-state index contributed by atoms with van der Waals surface area (Å²) in [6, 6.07) is 0.491. The topological polar surface area (TPSA) is 164 Å². The molecule has 2 fully saturated rings. The number of nitrogens with two attached hydrogens (primary N) is 1. The standard InChI is InChI=1S/C17H27N4O8P/c1-4-6-10(14(22)26-5-2)20-30(25)27-9-11-13(29-30)17(3,24)15(28-11)21-8-7-12(18)19-16(21)23/h7-8,10-11,13,15,24H,4-6,9H2,1-3H3,(H,20,25)(H2,18,19,23)/t10-,11+,13+,15+,17+,30?/m0/s1. The van der Waals surface area contributed by atoms with E-state index in [-0.39, 0.29) is 19.0 Å². The van der Waals surface area contributed by atoms with Crippen molar-refractivity contribution in [3.05, 3.63) is 22.7 Å². The SMILES string of the molecule is CCC[C@H](NP1(=O)OC[C@H]2O[C@@H](n3ccc(N)nc3=O)[C@](C)(O)[C@@H]2O1)C(=O)OCC. The minimum Gasteiger partial charge on any atom is -0.465 e. The Labute approximate surface area is 173 Å². The highest BCUT2D eigenvalue weighted by atomic mass is 31.2. The van der Waals surface area contributed by atoms with Gasteiger partial charge in [-0.25, -0.2) is 14.4 Å². The van der Waals surface area contributed by atoms with Gasteiger partial charge in [0.05, 0.1) is 13.2 Å². The maximum absolute atomic E-state index is 13.2. The molecule has 1 unspecified atom stereocenters. The molecule has 4 N–H and O–H groups in total. The predicted molar refractivity (Wildman–Crippen MR) is 104 cm³/mol. The Kier molecular flexibility index (Phi) is 6.66. The van der Waals surface area contributed by atoms with Gasteiger partial charge in [0, 0.05) is 6.20 Å². The Morgan fingerprint density at radius 2 is 2.30 bits per heavy atom. The summed E-state index contributed by atoms with van der Waals surface area (Å²) in [6.45, 7) is 4.92. The van der Waals surface area contributed by atoms with E-state index in [2.05, 4.69) is 10.1 Å². The van der Waals surface area contributed by atoms with E-state index in [1.807, 2.05) is 6.92 Å². The van der Waals surface area contributed by atoms with Crippen LogP contribution in [0, 0.1) is 0 Å². The van der Waals surface area contributed by atoms with Gasteiger partial charge in [-0.3, -0.25) is 18.4 Å². The van der Waals surface area contributed by atoms with Crippen LogP contribution in [0.25, 0.3) is 0 Å². The predicted octanol–water partition coefficient (Wildman–Crippen LogP) is 0.319. The Bertz CT molecular complexity index is 891. The van der Waals surface area contributed by atoms with Crippen LogP contribution < -0.4 is 16.5 Å². The molecule has 1 aromatic heterocycles. The first-order valence-electron chi connectivity index (χ1n) is 9.71. The molecule has 13 heteroatoms. The number of nitrogens with one attached hydrogen (secondary N) is 1. The van der Waals surface area contributed by atoms with Crippen LogP contribution in [-0.2, 0) is 27.9 Å². The second-order valence-corrected chi connectivity index (χ2v) is 9.06. The molecule has 12 nitrogen and oxygen atoms in total. The van der Waals surface area contributed by atoms with Crippen LogP contribution >= 0.6 is 7.75 Å². The third-order valence-electron chi connectivity index (χ3n) is 4.95. The Morgan fingerprint density at radius 1 is 1.57 bits per heavy atom. The van der Waals surface area contributed by atoms with Crippen LogP contribution in [0.4, 0.5) is 5.82 Å². The smallest absolute Gasteiger partial charge is 0.406 e. The second-order valence-electron chi connectivity index (χ2n) is 7.34. The van der Waals surface area contributed by atoms with Crippen molar-refractivity contribution in [3.63, 3.8) is 0 Å². The number of fused-ring (bicyclic) bond motifs is 1. The maximum atomic E-state index is 13.2. The number of nitrogens with zero attached hydrogens (tertiary/aromatic N) is 2. The number of hydrogen-bond donors (Lipinski definition) is 3. The van der Waals surface area contributed by atoms with Gasteiger partial charge in [-0.05, 0) is 26.3 Å². The van der Waals surface area contributed by atoms with E-state index in [1.165, 1.54) is 19.2 Å². The van der Waals surface area contributed by atoms with Crippen LogP contribution in [0.5, 0.6) is 0 Å². The third kappa shape index (κ3) is 4.43. The van der Waals surface area contributed by atoms with Gasteiger partial charge in [-0.2, -0.15) is 4.98 Å². The highest BCUT2D eigenvalue weighted by Gasteiger charge is 2.60. The van der Waals surface area contributed by atoms with Crippen molar-refractivity contribution in [2.45, 2.75) is 63.7 Å². The molecule has 0 bridgehead atoms. The molecule has 1 aromatic rings. The van der Waals surface area contributed by atoms with Crippen LogP contribution in [0.3, 0.4) is 0 Å². The van der Waals surface area contributed by atoms with Crippen molar-refractivity contribution < 1.29 is 33.0 Å². The van der Waals surface area contributed by atoms with E-state index in [0.717, 1.165) is 4.57 Å². The van der Waals surface area contributed by atoms with Crippen molar-refractivity contribution >= 4 is 19.5 Å². The molecule has 0 saturated carbocycles. The number of carbonyl (C=O) groups excluding carboxylic acids is 1. The van der Waals surface area contributed by atoms with Crippen LogP contribution in [0.2, 0.25) is 0 Å². The highest BCUT2D eigenvalue weighted by molar-refractivity contribution is 7.51. The third-order valence-corrected chi connectivity index (χ3v) is 6.57. The van der Waals surface area contributed by atoms with Gasteiger partial charge in [0.25, 0.3) is 0 Å². The Balaban J connectivity index is 1.81. The molecule has 0 aliphatic carbocycles. The molecule has 6 atom stereocenters. The van der Waals surface area contributed by atoms with E-state index < -0.39 is 49.5 Å². The first-order valence-corrected chi connectivity index (χ1v) is 11.3. The number of carbonyl (C=O) groups is 1. The molecular formula is C17H27N4O8P. The van der Waals surface area contributed by atoms with Gasteiger partial charge in [-0.15, -0.1) is 0 Å². The lowest BCUT2D eigenvalue weighted by atomic mass is 9.96. The number of aromatic nitrogens is 2. The number of nitrogen functional groups attached to an aromatic ring is 1. The van der Waals surface area contributed by atoms with Crippen molar-refractivity contribution in [3.8, 4) is 0 Å². The lowest BCUT2D eigenvalue weighted by Gasteiger charge is -2.36. The van der Waals surface area contributed by atoms with Crippen molar-refractivity contribution in [1.29, 1.82) is 0 Å². The molecule has 2 saturated heterocycles. The second kappa shape index (κ2) is 8.74. The zero-order valence-corrected chi connectivity index (χ0v) is 17.9. The molecule has 0 spiro atoms. The fourth-order valence-electron chi connectivity index (χ4n) is 3.52. The van der Waals surface area contributed by atoms with Gasteiger partial charge in [0.2, 0.25) is 0 Å². The average molecular weight is 446 g/mol. The molecule has 3 rings (SSSR count). The maximum Gasteiger partial charge on any atom is 0.406 e. The first-order chi connectivity index (χ1) is 14.1. The molecule has 0 radical (unpaired) electrons. The number of rotatable bonds is 7. The van der Waals surface area contributed by atoms with E-state index in [1.54, 1.807) is 6.92 Å². The van der Waals surface area contributed by atoms with Crippen LogP contribution in [-0.4, -0.2) is 57.7 Å². The lowest BCUT2D eigenvalue weighted by molar-refractivity contribution is -0.145. The zero-order chi connectivity index (χ0) is 22.1. The molecule has 2 aliphatic heterocycles. The number of ether oxygens (including phenoxy) is 2. The lowest BCUT2D eigenvalue weighted by Crippen LogP contribution is -2.50. The molecular weight excluding hydrogens is 419 g/mol. The summed E-state index contributed by atoms with van der Waals surface area (Å²) >= 11 is 0. The zero-order valence-electron chi connectivity index (χ0n) is 17.0. The van der Waals surface area contributed by atoms with Gasteiger partial charge in [-0.1, -0.05) is 13.3 Å². The summed E-state index contributed by atoms with van der Waals surface area (Å²) < 4.78 is 36.0. The van der Waals surface area contributed by atoms with E-state index >= 15 is 0 Å². The minimum atomic E-state index is -3.98. The van der Waals surface area contributed by atoms with Crippen molar-refractivity contribution in [1.82, 2.24) is 14.6 Å². The molecule has 2 aliphatic rings. The van der Waals surface area contributed by atoms with Gasteiger partial charge < -0.3 is 20.3 Å². The molecule has 0 amide bonds. The highest BCUT2D eigenvalue weighted by Crippen LogP contribution is 2.55. The normalized spacial score (nSPS) is 34.3. The number of aliphatic hydroxyl groups is 1. The van der Waals surface area contributed by atoms with Gasteiger partial charge in [0.1, 0.15) is 29.7 Å². The summed E-state index contributed by atoms with van der Waals surface area (Å²) in [7, 11) is -3.98. The molecule has 30 heavy (non-hydrogen) atoms. The van der Waals surface area contributed by atoms with E-state index in [0.29, 0.717) is 12.8 Å². The van der Waals surface area contributed by atoms with Gasteiger partial charge >= 0.3 is 19.4 Å². The monoisotopic (exact) mass is 446 g/mol. The van der Waals surface area contributed by atoms with E-state index in [4.69, 9.17) is 24.3 Å². The van der Waals surface area contributed by atoms with Gasteiger partial charge in [0.15, 0.2) is 6.23 Å². The van der Waals surface area contributed by atoms with Crippen LogP contribution in [0.1, 0.15) is 39.8 Å². The minimum absolute atomic E-state index is 0.0283. The Hall–Kier alpha value is -1.82. The van der Waals surface area contributed by atoms with Crippen molar-refractivity contribution in [2.75, 3.05) is 18.9 Å². The fourth-order valence-corrected chi connectivity index (χ4v) is 5.32. The first kappa shape index (κ1) is 22.9. The van der Waals surface area contributed by atoms with Crippen LogP contribution in [0.15, 0.2) is 17.1 Å². The summed E-state index contributed by atoms with van der Waals surface area (Å²) in [5.41, 5.74) is 3.04. The Morgan fingerprint density at radius 3 is 2.93 bits per heavy atom. The molecule has 3 heterocycles. The summed E-state index contributed by atoms with van der Waals surface area (Å²) in [5.74, 6) is -0.545. The summed E-state index contributed by atoms with van der Waals surface area (Å²) in [6.07, 6.45) is -0.740.